The zero-order chi connectivity index (χ0) is 22.6. The number of benzene rings is 2. The van der Waals surface area contributed by atoms with Gasteiger partial charge >= 0.3 is 5.97 Å². The molecule has 1 heterocycles. The monoisotopic (exact) mass is 393 g/mol. The fourth-order valence-electron chi connectivity index (χ4n) is 2.94. The van der Waals surface area contributed by atoms with E-state index < -0.39 is 18.7 Å². The van der Waals surface area contributed by atoms with Crippen molar-refractivity contribution in [3.05, 3.63) is 53.6 Å². The topological polar surface area (TPSA) is 59.0 Å². The van der Waals surface area contributed by atoms with Crippen LogP contribution in [0.3, 0.4) is 0 Å². The van der Waals surface area contributed by atoms with E-state index in [1.54, 1.807) is 53.4 Å². The number of ether oxygens (including phenoxy) is 2. The summed E-state index contributed by atoms with van der Waals surface area (Å²) < 4.78 is 42.6. The summed E-state index contributed by atoms with van der Waals surface area (Å²) in [6, 6.07) is 14.0. The normalized spacial score (nSPS) is 20.3. The molecule has 1 aliphatic rings. The summed E-state index contributed by atoms with van der Waals surface area (Å²) >= 11 is 5.86. The van der Waals surface area contributed by atoms with E-state index in [2.05, 4.69) is 0 Å². The Morgan fingerprint density at radius 1 is 1.15 bits per heavy atom. The predicted octanol–water partition coefficient (Wildman–Crippen LogP) is 4.84. The fourth-order valence-corrected chi connectivity index (χ4v) is 3.07. The Labute approximate surface area is 170 Å². The average Bonchev–Trinajstić information content (AvgIpc) is 3.15. The first kappa shape index (κ1) is 14.8. The van der Waals surface area contributed by atoms with Gasteiger partial charge in [-0.1, -0.05) is 11.6 Å². The molecule has 0 amide bonds. The molecule has 1 atom stereocenters. The second kappa shape index (κ2) is 9.62. The molecule has 5 nitrogen and oxygen atoms in total. The summed E-state index contributed by atoms with van der Waals surface area (Å²) in [6.07, 6.45) is -3.92. The van der Waals surface area contributed by atoms with Crippen molar-refractivity contribution in [2.24, 2.45) is 0 Å². The van der Waals surface area contributed by atoms with Crippen LogP contribution in [0.1, 0.15) is 31.1 Å². The van der Waals surface area contributed by atoms with E-state index in [0.29, 0.717) is 35.4 Å². The number of halogens is 1. The first-order valence-electron chi connectivity index (χ1n) is 10.7. The number of nitrogens with zero attached hydrogens (tertiary/aromatic N) is 1. The van der Waals surface area contributed by atoms with Crippen molar-refractivity contribution in [2.75, 3.05) is 19.7 Å². The number of likely N-dealkylation sites (tertiary alicyclic amines) is 1. The van der Waals surface area contributed by atoms with E-state index in [0.717, 1.165) is 12.8 Å². The minimum Gasteiger partial charge on any atom is -0.492 e. The van der Waals surface area contributed by atoms with Crippen LogP contribution in [-0.2, 0) is 4.79 Å². The number of hydrogen-bond acceptors (Lipinski definition) is 4. The molecule has 6 heteroatoms. The maximum absolute atomic E-state index is 11.1. The van der Waals surface area contributed by atoms with Crippen LogP contribution in [0.25, 0.3) is 0 Å². The Morgan fingerprint density at radius 2 is 1.78 bits per heavy atom. The lowest BCUT2D eigenvalue weighted by Crippen LogP contribution is -2.35. The first-order chi connectivity index (χ1) is 14.6. The highest BCUT2D eigenvalue weighted by Gasteiger charge is 2.24. The molecule has 3 rings (SSSR count). The number of rotatable bonds is 9. The molecule has 0 bridgehead atoms. The van der Waals surface area contributed by atoms with E-state index in [-0.39, 0.29) is 12.6 Å². The minimum atomic E-state index is -2.97. The molecule has 1 fully saturated rings. The molecule has 0 saturated carbocycles. The minimum absolute atomic E-state index is 0.121. The molecule has 1 saturated heterocycles. The zero-order valence-electron chi connectivity index (χ0n) is 18.7. The summed E-state index contributed by atoms with van der Waals surface area (Å²) in [7, 11) is 0. The van der Waals surface area contributed by atoms with Gasteiger partial charge in [-0.2, -0.15) is 0 Å². The molecule has 2 aromatic carbocycles. The van der Waals surface area contributed by atoms with Gasteiger partial charge in [-0.05, 0) is 80.8 Å². The molecule has 2 aromatic rings. The lowest BCUT2D eigenvalue weighted by Gasteiger charge is -2.24. The van der Waals surface area contributed by atoms with E-state index in [9.17, 15) is 4.79 Å². The number of hydrogen-bond donors (Lipinski definition) is 1. The highest BCUT2D eigenvalue weighted by molar-refractivity contribution is 6.30. The smallest absolute Gasteiger partial charge is 0.303 e. The number of carboxylic acids is 1. The van der Waals surface area contributed by atoms with Gasteiger partial charge in [0, 0.05) is 22.9 Å². The fraction of sp³-hybridized carbons (Fsp3) is 0.381. The largest absolute Gasteiger partial charge is 0.492 e. The Balaban J connectivity index is 1.55. The van der Waals surface area contributed by atoms with Gasteiger partial charge in [-0.25, -0.2) is 0 Å². The molecule has 1 aliphatic heterocycles. The van der Waals surface area contributed by atoms with Gasteiger partial charge in [0.05, 0.1) is 0 Å². The molecule has 0 spiro atoms. The molecule has 0 aliphatic carbocycles. The standard InChI is InChI=1S/C21H24ClNO4/c22-16-5-7-19(8-6-16)27-20-11-9-18(10-12-20)26-15-17-3-1-13-23(17)14-2-4-21(24)25/h5-12,17H,1-4,13-15H2,(H,24,25)/t17-/m0/s1/i2D2,4D2. The lowest BCUT2D eigenvalue weighted by atomic mass is 10.2. The molecule has 27 heavy (non-hydrogen) atoms. The molecule has 144 valence electrons. The van der Waals surface area contributed by atoms with Crippen molar-refractivity contribution in [2.45, 2.75) is 31.6 Å². The van der Waals surface area contributed by atoms with Crippen molar-refractivity contribution >= 4 is 17.6 Å². The highest BCUT2D eigenvalue weighted by Crippen LogP contribution is 2.26. The van der Waals surface area contributed by atoms with Crippen LogP contribution in [0, 0.1) is 0 Å². The summed E-state index contributed by atoms with van der Waals surface area (Å²) in [5.41, 5.74) is 0. The highest BCUT2D eigenvalue weighted by atomic mass is 35.5. The van der Waals surface area contributed by atoms with Crippen LogP contribution in [0.2, 0.25) is 5.02 Å². The quantitative estimate of drug-likeness (QED) is 0.660. The Bertz CT molecular complexity index is 893. The zero-order valence-corrected chi connectivity index (χ0v) is 15.5. The predicted molar refractivity (Wildman–Crippen MR) is 105 cm³/mol. The Hall–Kier alpha value is -2.24. The van der Waals surface area contributed by atoms with Crippen molar-refractivity contribution in [3.63, 3.8) is 0 Å². The van der Waals surface area contributed by atoms with Gasteiger partial charge in [0.1, 0.15) is 23.9 Å². The molecule has 0 radical (unpaired) electrons. The van der Waals surface area contributed by atoms with Crippen LogP contribution >= 0.6 is 11.6 Å². The maximum Gasteiger partial charge on any atom is 0.303 e. The second-order valence-electron chi connectivity index (χ2n) is 6.21. The van der Waals surface area contributed by atoms with Crippen LogP contribution < -0.4 is 9.47 Å². The van der Waals surface area contributed by atoms with Crippen molar-refractivity contribution in [1.82, 2.24) is 4.90 Å². The van der Waals surface area contributed by atoms with E-state index >= 15 is 0 Å². The van der Waals surface area contributed by atoms with Gasteiger partial charge in [0.2, 0.25) is 0 Å². The van der Waals surface area contributed by atoms with E-state index in [4.69, 9.17) is 31.7 Å². The molecule has 0 unspecified atom stereocenters. The lowest BCUT2D eigenvalue weighted by molar-refractivity contribution is -0.137. The van der Waals surface area contributed by atoms with Gasteiger partial charge in [0.25, 0.3) is 0 Å². The summed E-state index contributed by atoms with van der Waals surface area (Å²) in [5.74, 6) is 0.126. The van der Waals surface area contributed by atoms with Gasteiger partial charge in [-0.15, -0.1) is 0 Å². The van der Waals surface area contributed by atoms with Gasteiger partial charge in [-0.3, -0.25) is 9.69 Å². The average molecular weight is 394 g/mol. The number of carboxylic acid groups (broad SMARTS) is 1. The van der Waals surface area contributed by atoms with Crippen LogP contribution in [-0.4, -0.2) is 41.7 Å². The molecule has 0 aromatic heterocycles. The third-order valence-corrected chi connectivity index (χ3v) is 4.54. The molecule has 1 N–H and O–H groups in total. The second-order valence-corrected chi connectivity index (χ2v) is 6.65. The number of carbonyl (C=O) groups is 1. The van der Waals surface area contributed by atoms with Crippen LogP contribution in [0.4, 0.5) is 0 Å². The summed E-state index contributed by atoms with van der Waals surface area (Å²) in [5, 5.41) is 9.65. The van der Waals surface area contributed by atoms with Gasteiger partial charge < -0.3 is 14.6 Å². The maximum atomic E-state index is 11.1. The van der Waals surface area contributed by atoms with Crippen molar-refractivity contribution in [1.29, 1.82) is 0 Å². The summed E-state index contributed by atoms with van der Waals surface area (Å²) in [6.45, 7) is 0.550. The Kier molecular flexibility index (Phi) is 5.27. The number of aliphatic carboxylic acids is 1. The van der Waals surface area contributed by atoms with Crippen molar-refractivity contribution < 1.29 is 24.9 Å². The van der Waals surface area contributed by atoms with E-state index in [1.807, 2.05) is 0 Å². The van der Waals surface area contributed by atoms with Crippen LogP contribution in [0.5, 0.6) is 17.2 Å². The first-order valence-corrected chi connectivity index (χ1v) is 9.10. The van der Waals surface area contributed by atoms with Gasteiger partial charge in [0.15, 0.2) is 0 Å². The SMILES string of the molecule is [2H]C([2H])(CN1CCC[C@H]1COc1ccc(Oc2ccc(Cl)cc2)cc1)C([2H])([2H])C(=O)O. The molecular weight excluding hydrogens is 366 g/mol. The third-order valence-electron chi connectivity index (χ3n) is 4.29. The summed E-state index contributed by atoms with van der Waals surface area (Å²) in [4.78, 5) is 12.9. The van der Waals surface area contributed by atoms with E-state index in [1.165, 1.54) is 0 Å². The molecular formula is C21H24ClNO4. The Morgan fingerprint density at radius 3 is 2.44 bits per heavy atom. The third kappa shape index (κ3) is 6.15. The van der Waals surface area contributed by atoms with Crippen molar-refractivity contribution in [3.8, 4) is 17.2 Å². The van der Waals surface area contributed by atoms with Crippen LogP contribution in [0.15, 0.2) is 48.5 Å².